The van der Waals surface area contributed by atoms with Crippen molar-refractivity contribution >= 4 is 27.8 Å². The summed E-state index contributed by atoms with van der Waals surface area (Å²) >= 11 is 3.57. The lowest BCUT2D eigenvalue weighted by Gasteiger charge is -2.17. The minimum absolute atomic E-state index is 0.0483. The Balaban J connectivity index is 1.72. The van der Waals surface area contributed by atoms with Crippen LogP contribution in [0.25, 0.3) is 0 Å². The van der Waals surface area contributed by atoms with Gasteiger partial charge in [0.15, 0.2) is 5.76 Å². The summed E-state index contributed by atoms with van der Waals surface area (Å²) in [5, 5.41) is 12.0. The van der Waals surface area contributed by atoms with Crippen molar-refractivity contribution in [3.05, 3.63) is 57.5 Å². The highest BCUT2D eigenvalue weighted by molar-refractivity contribution is 9.10. The molecular weight excluding hydrogens is 374 g/mol. The smallest absolute Gasteiger partial charge is 0.339 e. The molecule has 5 nitrogen and oxygen atoms in total. The average molecular weight is 392 g/mol. The van der Waals surface area contributed by atoms with Crippen LogP contribution in [0.5, 0.6) is 0 Å². The third kappa shape index (κ3) is 3.11. The van der Waals surface area contributed by atoms with Crippen molar-refractivity contribution in [1.29, 1.82) is 0 Å². The Labute approximate surface area is 148 Å². The average Bonchev–Trinajstić information content (AvgIpc) is 3.22. The van der Waals surface area contributed by atoms with Crippen LogP contribution in [-0.2, 0) is 11.8 Å². The number of carboxylic acids is 1. The summed E-state index contributed by atoms with van der Waals surface area (Å²) in [5.74, 6) is -1.09. The molecule has 0 unspecified atom stereocenters. The van der Waals surface area contributed by atoms with Crippen LogP contribution >= 0.6 is 15.9 Å². The maximum Gasteiger partial charge on any atom is 0.339 e. The Bertz CT molecular complexity index is 792. The highest BCUT2D eigenvalue weighted by Crippen LogP contribution is 2.49. The van der Waals surface area contributed by atoms with E-state index in [0.717, 1.165) is 17.3 Å². The summed E-state index contributed by atoms with van der Waals surface area (Å²) in [6.07, 6.45) is 2.44. The summed E-state index contributed by atoms with van der Waals surface area (Å²) in [7, 11) is 0. The first-order valence-electron chi connectivity index (χ1n) is 7.86. The van der Waals surface area contributed by atoms with Crippen LogP contribution < -0.4 is 5.32 Å². The predicted molar refractivity (Wildman–Crippen MR) is 92.4 cm³/mol. The third-order valence-corrected chi connectivity index (χ3v) is 5.16. The normalized spacial score (nSPS) is 15.1. The van der Waals surface area contributed by atoms with Crippen LogP contribution in [0.15, 0.2) is 39.2 Å². The molecule has 1 aliphatic carbocycles. The second-order valence-corrected chi connectivity index (χ2v) is 6.90. The molecule has 2 N–H and O–H groups in total. The van der Waals surface area contributed by atoms with Gasteiger partial charge in [0.1, 0.15) is 11.3 Å². The first-order chi connectivity index (χ1) is 11.5. The molecule has 1 fully saturated rings. The molecule has 126 valence electrons. The predicted octanol–water partition coefficient (Wildman–Crippen LogP) is 3.76. The molecule has 0 atom stereocenters. The minimum Gasteiger partial charge on any atom is -0.478 e. The highest BCUT2D eigenvalue weighted by Gasteiger charge is 2.45. The number of rotatable bonds is 6. The van der Waals surface area contributed by atoms with E-state index >= 15 is 0 Å². The molecule has 1 aromatic heterocycles. The summed E-state index contributed by atoms with van der Waals surface area (Å²) < 4.78 is 6.44. The number of nitrogens with one attached hydrogen (secondary N) is 1. The molecule has 0 spiro atoms. The second kappa shape index (κ2) is 6.43. The fourth-order valence-electron chi connectivity index (χ4n) is 2.90. The summed E-state index contributed by atoms with van der Waals surface area (Å²) in [4.78, 5) is 23.5. The number of hydrogen-bond donors (Lipinski definition) is 2. The van der Waals surface area contributed by atoms with E-state index in [2.05, 4.69) is 27.3 Å². The van der Waals surface area contributed by atoms with E-state index in [1.807, 2.05) is 18.2 Å². The van der Waals surface area contributed by atoms with Crippen LogP contribution in [0.3, 0.4) is 0 Å². The third-order valence-electron chi connectivity index (χ3n) is 4.47. The molecular formula is C18H18BrNO4. The van der Waals surface area contributed by atoms with Gasteiger partial charge in [-0.15, -0.1) is 0 Å². The quantitative estimate of drug-likeness (QED) is 0.785. The van der Waals surface area contributed by atoms with Gasteiger partial charge in [-0.1, -0.05) is 41.1 Å². The van der Waals surface area contributed by atoms with E-state index in [1.165, 1.54) is 11.6 Å². The van der Waals surface area contributed by atoms with Gasteiger partial charge in [0.05, 0.1) is 0 Å². The van der Waals surface area contributed by atoms with E-state index in [4.69, 9.17) is 9.52 Å². The molecule has 6 heteroatoms. The van der Waals surface area contributed by atoms with Crippen molar-refractivity contribution in [1.82, 2.24) is 5.32 Å². The Hall–Kier alpha value is -2.08. The number of carboxylic acid groups (broad SMARTS) is 1. The van der Waals surface area contributed by atoms with Gasteiger partial charge >= 0.3 is 5.97 Å². The van der Waals surface area contributed by atoms with Crippen LogP contribution in [0.1, 0.15) is 52.0 Å². The highest BCUT2D eigenvalue weighted by atomic mass is 79.9. The fraction of sp³-hybridized carbons (Fsp3) is 0.333. The Morgan fingerprint density at radius 2 is 2.04 bits per heavy atom. The van der Waals surface area contributed by atoms with Gasteiger partial charge in [0.25, 0.3) is 5.91 Å². The molecule has 1 aromatic carbocycles. The Morgan fingerprint density at radius 3 is 2.58 bits per heavy atom. The van der Waals surface area contributed by atoms with E-state index in [9.17, 15) is 9.59 Å². The molecule has 3 rings (SSSR count). The van der Waals surface area contributed by atoms with Gasteiger partial charge < -0.3 is 14.8 Å². The summed E-state index contributed by atoms with van der Waals surface area (Å²) in [5.41, 5.74) is 1.19. The number of amides is 1. The summed E-state index contributed by atoms with van der Waals surface area (Å²) in [6, 6.07) is 9.31. The second-order valence-electron chi connectivity index (χ2n) is 6.05. The van der Waals surface area contributed by atoms with Crippen molar-refractivity contribution in [2.75, 3.05) is 6.54 Å². The zero-order valence-corrected chi connectivity index (χ0v) is 14.9. The first-order valence-corrected chi connectivity index (χ1v) is 8.65. The van der Waals surface area contributed by atoms with Gasteiger partial charge in [0, 0.05) is 28.9 Å². The number of aryl methyl sites for hydroxylation is 1. The largest absolute Gasteiger partial charge is 0.478 e. The van der Waals surface area contributed by atoms with Crippen molar-refractivity contribution in [2.45, 2.75) is 31.6 Å². The molecule has 0 bridgehead atoms. The zero-order valence-electron chi connectivity index (χ0n) is 13.3. The van der Waals surface area contributed by atoms with Crippen molar-refractivity contribution in [3.63, 3.8) is 0 Å². The molecule has 1 amide bonds. The van der Waals surface area contributed by atoms with Crippen LogP contribution in [-0.4, -0.2) is 23.5 Å². The molecule has 0 saturated heterocycles. The number of carbonyl (C=O) groups excluding carboxylic acids is 1. The van der Waals surface area contributed by atoms with Gasteiger partial charge in [-0.2, -0.15) is 0 Å². The SMILES string of the molecule is CCc1oc(C(=O)NCC2(c3ccccc3Br)CC2)cc1C(=O)O. The standard InChI is InChI=1S/C18H18BrNO4/c1-2-14-11(17(22)23)9-15(24-14)16(21)20-10-18(7-8-18)12-5-3-4-6-13(12)19/h3-6,9H,2,7-8,10H2,1H3,(H,20,21)(H,22,23). The lowest BCUT2D eigenvalue weighted by molar-refractivity contribution is 0.0694. The van der Waals surface area contributed by atoms with E-state index in [1.54, 1.807) is 6.92 Å². The summed E-state index contributed by atoms with van der Waals surface area (Å²) in [6.45, 7) is 2.29. The van der Waals surface area contributed by atoms with Crippen LogP contribution in [0.2, 0.25) is 0 Å². The van der Waals surface area contributed by atoms with Gasteiger partial charge in [-0.25, -0.2) is 4.79 Å². The molecule has 1 aliphatic rings. The van der Waals surface area contributed by atoms with E-state index < -0.39 is 5.97 Å². The van der Waals surface area contributed by atoms with Gasteiger partial charge in [-0.05, 0) is 24.5 Å². The lowest BCUT2D eigenvalue weighted by Crippen LogP contribution is -2.32. The first kappa shape index (κ1) is 16.8. The molecule has 0 aliphatic heterocycles. The number of hydrogen-bond acceptors (Lipinski definition) is 3. The number of aromatic carboxylic acids is 1. The zero-order chi connectivity index (χ0) is 17.3. The Morgan fingerprint density at radius 1 is 1.33 bits per heavy atom. The monoisotopic (exact) mass is 391 g/mol. The topological polar surface area (TPSA) is 79.5 Å². The molecule has 24 heavy (non-hydrogen) atoms. The van der Waals surface area contributed by atoms with E-state index in [-0.39, 0.29) is 22.6 Å². The van der Waals surface area contributed by atoms with Crippen LogP contribution in [0, 0.1) is 0 Å². The van der Waals surface area contributed by atoms with Crippen molar-refractivity contribution in [2.24, 2.45) is 0 Å². The minimum atomic E-state index is -1.08. The Kier molecular flexibility index (Phi) is 4.49. The maximum absolute atomic E-state index is 12.3. The maximum atomic E-state index is 12.3. The number of furan rings is 1. The van der Waals surface area contributed by atoms with E-state index in [0.29, 0.717) is 18.7 Å². The van der Waals surface area contributed by atoms with Gasteiger partial charge in [0.2, 0.25) is 0 Å². The number of halogens is 1. The molecule has 0 radical (unpaired) electrons. The lowest BCUT2D eigenvalue weighted by atomic mass is 9.96. The molecule has 1 saturated carbocycles. The number of carbonyl (C=O) groups is 2. The molecule has 2 aromatic rings. The number of benzene rings is 1. The van der Waals surface area contributed by atoms with Crippen LogP contribution in [0.4, 0.5) is 0 Å². The van der Waals surface area contributed by atoms with Crippen molar-refractivity contribution < 1.29 is 19.1 Å². The fourth-order valence-corrected chi connectivity index (χ4v) is 3.61. The van der Waals surface area contributed by atoms with Crippen molar-refractivity contribution in [3.8, 4) is 0 Å². The molecule has 1 heterocycles. The van der Waals surface area contributed by atoms with Gasteiger partial charge in [-0.3, -0.25) is 4.79 Å².